The van der Waals surface area contributed by atoms with Crippen molar-refractivity contribution < 1.29 is 92.0 Å². The number of nitrogens with one attached hydrogen (secondary N) is 9. The van der Waals surface area contributed by atoms with Gasteiger partial charge in [0.1, 0.15) is 72.0 Å². The molecule has 6 heterocycles. The van der Waals surface area contributed by atoms with Gasteiger partial charge in [0.25, 0.3) is 0 Å². The second kappa shape index (κ2) is 48.5. The number of para-hydroxylation sites is 2. The number of H-pyrrole nitrogens is 2. The van der Waals surface area contributed by atoms with E-state index in [2.05, 4.69) is 62.7 Å². The van der Waals surface area contributed by atoms with E-state index in [0.717, 1.165) is 37.4 Å². The van der Waals surface area contributed by atoms with Crippen LogP contribution in [0.1, 0.15) is 172 Å². The zero-order valence-corrected chi connectivity index (χ0v) is 75.4. The molecule has 3 aliphatic rings. The third-order valence-corrected chi connectivity index (χ3v) is 25.3. The number of hydrogen-bond acceptors (Lipinski definition) is 25. The van der Waals surface area contributed by atoms with Crippen LogP contribution in [0.15, 0.2) is 85.2 Å². The Morgan fingerprint density at radius 2 is 1.19 bits per heavy atom. The first-order valence-electron chi connectivity index (χ1n) is 44.4. The summed E-state index contributed by atoms with van der Waals surface area (Å²) in [6.07, 6.45) is 1.39. The standard InChI is InChI=1S/C89H125N21O19S/c1-8-10-23-70-84(124)97-64(22-16-30-90)82(122)102-69(81(121)96-44-77(93)118)48-130-47-59(114)36-54(33-51-26-28-57(112)29-27-51)86(126)106(6)50(5)79(119)98-66(40-76(92)117)87(127)108-31-17-25-71(108)85(125)100-67(41-91)83(123)99-65(32-49(3)4)88(128)109-45-58(113)39-73(109)75(116)38-53(35-56-43-95-63-21-15-13-19-61(56)63)80(120)101-68(46-111)74(115)37-52(34-55-42-94-62-20-14-12-18-60(55)62)78-103-104-105-110(78)72(24-11-9-2)89(129)107(70)7/h12-15,18-21,26-29,42-43,49-50,52-54,58,64-73,94-95,111-113H,8-11,16-17,22-25,30-41,44-48,90-91H2,1-7H3,(H2,92,117)(H2,93,118)(H,96,121)(H,97,124)(H,98,119)(H,99,123)(H,100,125)(H,101,120)(H,102,122)/t50-,52+,53+,54+,58+,64-,65-,66-,67-,68-,69-,70-,71-,72-,73-/m0/s1. The summed E-state index contributed by atoms with van der Waals surface area (Å²) >= 11 is 0.855. The maximum atomic E-state index is 15.7. The Hall–Kier alpha value is -12.1. The van der Waals surface area contributed by atoms with Gasteiger partial charge < -0.3 is 105 Å². The van der Waals surface area contributed by atoms with Crippen LogP contribution in [-0.2, 0) is 96.0 Å². The van der Waals surface area contributed by atoms with Crippen molar-refractivity contribution in [2.75, 3.05) is 64.9 Å². The summed E-state index contributed by atoms with van der Waals surface area (Å²) < 4.78 is 1.31. The van der Waals surface area contributed by atoms with Crippen molar-refractivity contribution in [1.29, 1.82) is 0 Å². The lowest BCUT2D eigenvalue weighted by molar-refractivity contribution is -0.146. The number of aliphatic hydroxyl groups is 2. The third-order valence-electron chi connectivity index (χ3n) is 24.2. The highest BCUT2D eigenvalue weighted by Gasteiger charge is 2.46. The van der Waals surface area contributed by atoms with Gasteiger partial charge in [0.2, 0.25) is 76.8 Å². The van der Waals surface area contributed by atoms with Gasteiger partial charge in [0, 0.05) is 117 Å². The fourth-order valence-corrected chi connectivity index (χ4v) is 17.9. The van der Waals surface area contributed by atoms with E-state index in [1.54, 1.807) is 50.5 Å². The first-order valence-corrected chi connectivity index (χ1v) is 45.5. The number of aromatic nitrogens is 6. The SMILES string of the molecule is CCCC[C@H]1C(=O)N[C@@H](CCCN)C(=O)N[C@H](C(=O)NCC(N)=O)CSCC(=O)C[C@@H](Cc2ccc(O)cc2)C(=O)N(C)[C@@H](C)C(=O)N[C@@H](CC(N)=O)C(=O)N2CCC[C@H]2C(=O)N[C@@H](CN)C(=O)N[C@@H](CC(C)C)C(=O)N2C[C@H](O)C[C@H]2C(=O)C[C@@H](Cc2c[nH]c3ccccc23)C(=O)N[C@@H](CO)C(=O)C[C@@H](Cc2c[nH]c3ccccc23)c2nnnn2[C@@H](CCCC)C(=O)N1C. The minimum atomic E-state index is -1.74. The van der Waals surface area contributed by atoms with Gasteiger partial charge in [-0.2, -0.15) is 11.8 Å². The lowest BCUT2D eigenvalue weighted by Crippen LogP contribution is -2.60. The normalized spacial score (nSPS) is 25.3. The number of hydrogen-bond donors (Lipinski definition) is 16. The largest absolute Gasteiger partial charge is 0.508 e. The van der Waals surface area contributed by atoms with Gasteiger partial charge in [0.15, 0.2) is 17.4 Å². The first-order chi connectivity index (χ1) is 62.1. The summed E-state index contributed by atoms with van der Waals surface area (Å²) in [5, 5.41) is 65.9. The number of aliphatic hydroxyl groups excluding tert-OH is 2. The first kappa shape index (κ1) is 102. The summed E-state index contributed by atoms with van der Waals surface area (Å²) in [5.74, 6) is -18.3. The average molecular weight is 1830 g/mol. The number of primary amides is 2. The second-order valence-electron chi connectivity index (χ2n) is 34.3. The van der Waals surface area contributed by atoms with Gasteiger partial charge in [-0.1, -0.05) is 102 Å². The number of tetrazole rings is 1. The van der Waals surface area contributed by atoms with Crippen LogP contribution in [-0.4, -0.2) is 291 Å². The highest BCUT2D eigenvalue weighted by atomic mass is 32.2. The molecule has 9 rings (SSSR count). The number of unbranched alkanes of at least 4 members (excludes halogenated alkanes) is 2. The Morgan fingerprint density at radius 3 is 1.81 bits per heavy atom. The van der Waals surface area contributed by atoms with Gasteiger partial charge in [0.05, 0.1) is 37.5 Å². The molecular formula is C89H125N21O19S. The number of benzene rings is 3. The van der Waals surface area contributed by atoms with Crippen molar-refractivity contribution in [1.82, 2.24) is 87.0 Å². The fraction of sp³-hybridized carbons (Fsp3) is 0.562. The number of thioether (sulfide) groups is 1. The number of fused-ring (bicyclic) bond motifs is 5. The van der Waals surface area contributed by atoms with Crippen molar-refractivity contribution in [3.05, 3.63) is 108 Å². The van der Waals surface area contributed by atoms with Gasteiger partial charge in [-0.25, -0.2) is 4.68 Å². The Morgan fingerprint density at radius 1 is 0.600 bits per heavy atom. The molecular weight excluding hydrogens is 1700 g/mol. The number of nitrogens with zero attached hydrogens (tertiary/aromatic N) is 8. The number of aromatic amines is 2. The van der Waals surface area contributed by atoms with Crippen molar-refractivity contribution in [3.63, 3.8) is 0 Å². The molecule has 0 bridgehead atoms. The average Bonchev–Trinajstić information content (AvgIpc) is 1.71. The monoisotopic (exact) mass is 1820 g/mol. The number of Topliss-reactive ketones (excluding diaryl/α,β-unsaturated/α-hetero) is 3. The van der Waals surface area contributed by atoms with E-state index in [0.29, 0.717) is 53.3 Å². The Bertz CT molecular complexity index is 5000. The van der Waals surface area contributed by atoms with Crippen LogP contribution in [0, 0.1) is 17.8 Å². The molecule has 3 aromatic heterocycles. The minimum Gasteiger partial charge on any atom is -0.508 e. The summed E-state index contributed by atoms with van der Waals surface area (Å²) in [4.78, 5) is 244. The third kappa shape index (κ3) is 27.3. The molecule has 2 saturated heterocycles. The van der Waals surface area contributed by atoms with Crippen molar-refractivity contribution in [2.45, 2.75) is 235 Å². The number of amides is 13. The summed E-state index contributed by atoms with van der Waals surface area (Å²) in [6, 6.07) is 4.13. The summed E-state index contributed by atoms with van der Waals surface area (Å²) in [6.45, 7) is 5.93. The Labute approximate surface area is 757 Å². The van der Waals surface area contributed by atoms with E-state index in [1.165, 1.54) is 54.9 Å². The van der Waals surface area contributed by atoms with E-state index in [-0.39, 0.29) is 107 Å². The molecule has 2 fully saturated rings. The number of nitrogens with two attached hydrogens (primary N) is 4. The molecule has 706 valence electrons. The number of carbonyl (C=O) groups excluding carboxylic acids is 16. The Balaban J connectivity index is 1.09. The maximum absolute atomic E-state index is 15.7. The topological polar surface area (TPSA) is 610 Å². The zero-order valence-electron chi connectivity index (χ0n) is 74.6. The molecule has 20 N–H and O–H groups in total. The van der Waals surface area contributed by atoms with Gasteiger partial charge >= 0.3 is 0 Å². The van der Waals surface area contributed by atoms with Crippen LogP contribution in [0.5, 0.6) is 5.75 Å². The van der Waals surface area contributed by atoms with Crippen LogP contribution >= 0.6 is 11.8 Å². The molecule has 15 atom stereocenters. The second-order valence-corrected chi connectivity index (χ2v) is 35.4. The quantitative estimate of drug-likeness (QED) is 0.0369. The van der Waals surface area contributed by atoms with Gasteiger partial charge in [-0.05, 0) is 135 Å². The lowest BCUT2D eigenvalue weighted by Gasteiger charge is -2.32. The molecule has 0 radical (unpaired) electrons. The number of likely N-dealkylation sites (N-methyl/N-ethyl adjacent to an activating group) is 2. The summed E-state index contributed by atoms with van der Waals surface area (Å²) in [7, 11) is 2.68. The minimum absolute atomic E-state index is 0.00660. The predicted octanol–water partition coefficient (Wildman–Crippen LogP) is -0.320. The number of aromatic hydroxyl groups is 1. The number of phenolic OH excluding ortho intramolecular Hbond substituents is 1. The fourth-order valence-electron chi connectivity index (χ4n) is 16.9. The lowest BCUT2D eigenvalue weighted by atomic mass is 9.89. The van der Waals surface area contributed by atoms with E-state index < -0.39 is 242 Å². The van der Waals surface area contributed by atoms with Crippen molar-refractivity contribution >= 4 is 128 Å². The van der Waals surface area contributed by atoms with Crippen molar-refractivity contribution in [3.8, 4) is 5.75 Å². The molecule has 0 aliphatic carbocycles. The smallest absolute Gasteiger partial charge is 0.248 e. The van der Waals surface area contributed by atoms with Gasteiger partial charge in [-0.3, -0.25) is 76.7 Å². The number of carbonyl (C=O) groups is 16. The molecule has 3 aromatic carbocycles. The van der Waals surface area contributed by atoms with Crippen LogP contribution < -0.4 is 60.2 Å². The molecule has 40 nitrogen and oxygen atoms in total. The van der Waals surface area contributed by atoms with E-state index >= 15 is 28.8 Å². The maximum Gasteiger partial charge on any atom is 0.248 e. The molecule has 13 amide bonds. The zero-order chi connectivity index (χ0) is 94.7. The van der Waals surface area contributed by atoms with Crippen LogP contribution in [0.25, 0.3) is 21.8 Å². The number of rotatable bonds is 24. The Kier molecular flexibility index (Phi) is 38.0. The van der Waals surface area contributed by atoms with E-state index in [1.807, 2.05) is 38.1 Å². The molecule has 41 heteroatoms. The highest BCUT2D eigenvalue weighted by molar-refractivity contribution is 8.00. The predicted molar refractivity (Wildman–Crippen MR) is 479 cm³/mol. The van der Waals surface area contributed by atoms with E-state index in [9.17, 15) is 63.3 Å². The molecule has 6 aromatic rings. The summed E-state index contributed by atoms with van der Waals surface area (Å²) in [5.41, 5.74) is 26.5. The van der Waals surface area contributed by atoms with E-state index in [4.69, 9.17) is 22.9 Å². The molecule has 3 aliphatic heterocycles. The number of ketones is 3. The molecule has 0 spiro atoms. The molecule has 0 saturated carbocycles. The molecule has 130 heavy (non-hydrogen) atoms. The highest BCUT2D eigenvalue weighted by Crippen LogP contribution is 2.34. The molecule has 0 unspecified atom stereocenters. The number of phenols is 1. The van der Waals surface area contributed by atoms with Crippen LogP contribution in [0.2, 0.25) is 0 Å². The van der Waals surface area contributed by atoms with Crippen LogP contribution in [0.4, 0.5) is 0 Å². The van der Waals surface area contributed by atoms with Gasteiger partial charge in [-0.15, -0.1) is 5.10 Å². The van der Waals surface area contributed by atoms with Crippen molar-refractivity contribution in [2.24, 2.45) is 40.7 Å². The van der Waals surface area contributed by atoms with Crippen LogP contribution in [0.3, 0.4) is 0 Å².